The third-order valence-electron chi connectivity index (χ3n) is 6.30. The fourth-order valence-electron chi connectivity index (χ4n) is 4.29. The molecule has 4 aromatic rings. The van der Waals surface area contributed by atoms with Crippen LogP contribution in [-0.2, 0) is 11.3 Å². The Bertz CT molecular complexity index is 1390. The van der Waals surface area contributed by atoms with E-state index in [1.54, 1.807) is 36.5 Å². The zero-order valence-electron chi connectivity index (χ0n) is 20.4. The number of ether oxygens (including phenoxy) is 2. The second-order valence-corrected chi connectivity index (χ2v) is 8.97. The number of likely N-dealkylation sites (N-methyl/N-ethyl adjacent to an activating group) is 1. The van der Waals surface area contributed by atoms with Crippen LogP contribution in [0.4, 0.5) is 14.6 Å². The quantitative estimate of drug-likeness (QED) is 0.348. The third-order valence-corrected chi connectivity index (χ3v) is 6.30. The molecule has 1 unspecified atom stereocenters. The zero-order chi connectivity index (χ0) is 25.8. The molecule has 2 aromatic heterocycles. The van der Waals surface area contributed by atoms with Crippen LogP contribution in [0.15, 0.2) is 71.9 Å². The van der Waals surface area contributed by atoms with E-state index in [1.165, 1.54) is 18.8 Å². The fourth-order valence-corrected chi connectivity index (χ4v) is 4.29. The molecule has 1 aliphatic heterocycles. The van der Waals surface area contributed by atoms with Crippen molar-refractivity contribution < 1.29 is 18.3 Å². The minimum atomic E-state index is -0.714. The van der Waals surface area contributed by atoms with E-state index in [4.69, 9.17) is 9.47 Å². The van der Waals surface area contributed by atoms with Crippen molar-refractivity contribution in [1.29, 1.82) is 0 Å². The summed E-state index contributed by atoms with van der Waals surface area (Å²) in [6, 6.07) is 14.0. The van der Waals surface area contributed by atoms with Gasteiger partial charge in [0.2, 0.25) is 0 Å². The number of anilines is 1. The minimum absolute atomic E-state index is 0.193. The van der Waals surface area contributed by atoms with Crippen molar-refractivity contribution in [2.24, 2.45) is 0 Å². The molecule has 0 aliphatic carbocycles. The topological polar surface area (TPSA) is 74.4 Å². The standard InChI is InChI=1S/C27H27F2N5O3/c1-32(16-22-5-2-3-14-36-22)26-15-21(12-13-30-26)37-20-10-8-19(9-11-20)34-27(35)33(18-31-34)17-23-24(28)6-4-7-25(23)29/h4,6-13,15,18,22H,2-3,5,14,16-17H2,1H3. The summed E-state index contributed by atoms with van der Waals surface area (Å²) in [5.74, 6) is 0.553. The molecule has 1 saturated heterocycles. The normalized spacial score (nSPS) is 15.5. The summed E-state index contributed by atoms with van der Waals surface area (Å²) in [5.41, 5.74) is -0.214. The second kappa shape index (κ2) is 10.9. The largest absolute Gasteiger partial charge is 0.457 e. The van der Waals surface area contributed by atoms with Gasteiger partial charge in [0.1, 0.15) is 35.3 Å². The summed E-state index contributed by atoms with van der Waals surface area (Å²) in [4.78, 5) is 19.3. The van der Waals surface area contributed by atoms with Crippen molar-refractivity contribution in [2.45, 2.75) is 31.9 Å². The number of aromatic nitrogens is 4. The summed E-state index contributed by atoms with van der Waals surface area (Å²) >= 11 is 0. The minimum Gasteiger partial charge on any atom is -0.457 e. The van der Waals surface area contributed by atoms with Crippen LogP contribution in [0, 0.1) is 11.6 Å². The Hall–Kier alpha value is -4.05. The van der Waals surface area contributed by atoms with Gasteiger partial charge in [0.15, 0.2) is 0 Å². The smallest absolute Gasteiger partial charge is 0.350 e. The highest BCUT2D eigenvalue weighted by atomic mass is 19.1. The van der Waals surface area contributed by atoms with E-state index < -0.39 is 17.3 Å². The van der Waals surface area contributed by atoms with Gasteiger partial charge < -0.3 is 14.4 Å². The number of pyridine rings is 1. The Morgan fingerprint density at radius 1 is 1.08 bits per heavy atom. The average molecular weight is 508 g/mol. The zero-order valence-corrected chi connectivity index (χ0v) is 20.4. The van der Waals surface area contributed by atoms with Gasteiger partial charge in [-0.2, -0.15) is 9.78 Å². The molecule has 0 N–H and O–H groups in total. The Labute approximate surface area is 212 Å². The van der Waals surface area contributed by atoms with Gasteiger partial charge in [0.05, 0.1) is 18.3 Å². The van der Waals surface area contributed by atoms with E-state index in [-0.39, 0.29) is 18.2 Å². The highest BCUT2D eigenvalue weighted by molar-refractivity contribution is 5.45. The second-order valence-electron chi connectivity index (χ2n) is 8.97. The number of hydrogen-bond acceptors (Lipinski definition) is 6. The highest BCUT2D eigenvalue weighted by Gasteiger charge is 2.17. The molecule has 1 atom stereocenters. The Morgan fingerprint density at radius 2 is 1.86 bits per heavy atom. The van der Waals surface area contributed by atoms with Crippen molar-refractivity contribution >= 4 is 5.82 Å². The average Bonchev–Trinajstić information content (AvgIpc) is 3.27. The van der Waals surface area contributed by atoms with Crippen LogP contribution < -0.4 is 15.3 Å². The Balaban J connectivity index is 1.26. The third kappa shape index (κ3) is 5.69. The maximum atomic E-state index is 14.0. The van der Waals surface area contributed by atoms with E-state index in [2.05, 4.69) is 15.0 Å². The molecule has 2 aromatic carbocycles. The lowest BCUT2D eigenvalue weighted by molar-refractivity contribution is 0.0215. The van der Waals surface area contributed by atoms with E-state index in [0.29, 0.717) is 17.2 Å². The van der Waals surface area contributed by atoms with Crippen LogP contribution in [0.2, 0.25) is 0 Å². The molecule has 0 spiro atoms. The van der Waals surface area contributed by atoms with Crippen LogP contribution in [0.25, 0.3) is 5.69 Å². The van der Waals surface area contributed by atoms with Crippen molar-refractivity contribution in [3.05, 3.63) is 94.8 Å². The molecule has 192 valence electrons. The fraction of sp³-hybridized carbons (Fsp3) is 0.296. The van der Waals surface area contributed by atoms with E-state index >= 15 is 0 Å². The van der Waals surface area contributed by atoms with E-state index in [0.717, 1.165) is 53.2 Å². The maximum absolute atomic E-state index is 14.0. The van der Waals surface area contributed by atoms with Gasteiger partial charge in [0, 0.05) is 38.0 Å². The van der Waals surface area contributed by atoms with Gasteiger partial charge in [-0.25, -0.2) is 18.6 Å². The van der Waals surface area contributed by atoms with Crippen LogP contribution in [0.5, 0.6) is 11.5 Å². The van der Waals surface area contributed by atoms with Gasteiger partial charge in [-0.3, -0.25) is 4.57 Å². The maximum Gasteiger partial charge on any atom is 0.350 e. The van der Waals surface area contributed by atoms with Gasteiger partial charge >= 0.3 is 5.69 Å². The monoisotopic (exact) mass is 507 g/mol. The first kappa shape index (κ1) is 24.6. The lowest BCUT2D eigenvalue weighted by atomic mass is 10.1. The van der Waals surface area contributed by atoms with Gasteiger partial charge in [0.25, 0.3) is 0 Å². The molecule has 1 fully saturated rings. The molecule has 10 heteroatoms. The number of halogens is 2. The Kier molecular flexibility index (Phi) is 7.27. The molecule has 3 heterocycles. The molecule has 0 radical (unpaired) electrons. The van der Waals surface area contributed by atoms with E-state index in [9.17, 15) is 13.6 Å². The van der Waals surface area contributed by atoms with Gasteiger partial charge in [-0.05, 0) is 61.7 Å². The first-order chi connectivity index (χ1) is 18.0. The lowest BCUT2D eigenvalue weighted by Gasteiger charge is -2.28. The summed E-state index contributed by atoms with van der Waals surface area (Å²) < 4.78 is 42.1. The summed E-state index contributed by atoms with van der Waals surface area (Å²) in [5, 5.41) is 4.09. The number of rotatable bonds is 8. The van der Waals surface area contributed by atoms with Gasteiger partial charge in [-0.15, -0.1) is 0 Å². The molecule has 37 heavy (non-hydrogen) atoms. The van der Waals surface area contributed by atoms with Crippen molar-refractivity contribution in [1.82, 2.24) is 19.3 Å². The first-order valence-corrected chi connectivity index (χ1v) is 12.1. The molecule has 0 amide bonds. The molecule has 8 nitrogen and oxygen atoms in total. The van der Waals surface area contributed by atoms with Crippen LogP contribution >= 0.6 is 0 Å². The van der Waals surface area contributed by atoms with Crippen molar-refractivity contribution in [2.75, 3.05) is 25.1 Å². The highest BCUT2D eigenvalue weighted by Crippen LogP contribution is 2.25. The van der Waals surface area contributed by atoms with Crippen molar-refractivity contribution in [3.63, 3.8) is 0 Å². The Morgan fingerprint density at radius 3 is 2.59 bits per heavy atom. The summed E-state index contributed by atoms with van der Waals surface area (Å²) in [6.45, 7) is 1.31. The lowest BCUT2D eigenvalue weighted by Crippen LogP contribution is -2.33. The molecule has 5 rings (SSSR count). The van der Waals surface area contributed by atoms with Crippen LogP contribution in [0.1, 0.15) is 24.8 Å². The molecule has 0 saturated carbocycles. The first-order valence-electron chi connectivity index (χ1n) is 12.1. The summed E-state index contributed by atoms with van der Waals surface area (Å²) in [6.07, 6.45) is 6.50. The molecule has 1 aliphatic rings. The predicted octanol–water partition coefficient (Wildman–Crippen LogP) is 4.55. The SMILES string of the molecule is CN(CC1CCCCO1)c1cc(Oc2ccc(-n3ncn(Cc4c(F)cccc4F)c3=O)cc2)ccn1. The molecule has 0 bridgehead atoms. The molecular formula is C27H27F2N5O3. The number of hydrogen-bond donors (Lipinski definition) is 0. The molecular weight excluding hydrogens is 480 g/mol. The van der Waals surface area contributed by atoms with Gasteiger partial charge in [-0.1, -0.05) is 6.07 Å². The van der Waals surface area contributed by atoms with Crippen LogP contribution in [-0.4, -0.2) is 45.6 Å². The number of benzene rings is 2. The number of nitrogens with zero attached hydrogens (tertiary/aromatic N) is 5. The van der Waals surface area contributed by atoms with Crippen molar-refractivity contribution in [3.8, 4) is 17.2 Å². The summed E-state index contributed by atoms with van der Waals surface area (Å²) in [7, 11) is 1.98. The predicted molar refractivity (Wildman–Crippen MR) is 134 cm³/mol. The van der Waals surface area contributed by atoms with Crippen LogP contribution in [0.3, 0.4) is 0 Å². The van der Waals surface area contributed by atoms with E-state index in [1.807, 2.05) is 13.1 Å².